The van der Waals surface area contributed by atoms with Crippen LogP contribution in [0.2, 0.25) is 0 Å². The molecule has 0 bridgehead atoms. The zero-order chi connectivity index (χ0) is 16.9. The number of ether oxygens (including phenoxy) is 1. The first-order valence-corrected chi connectivity index (χ1v) is 10.2. The molecule has 4 saturated carbocycles. The standard InChI is InChI=1S/C21H32O3/c1-12(22)21-10-8-13-5-4-9-20(3,23)17(13)14(21)6-7-15-18-16(24-18)11-19(15,21)2/h13-18,23H,4-11H2,1-3H3/t13-,14+,15+,16+,17+,18+,19-,20+,21-/m0/s1. The van der Waals surface area contributed by atoms with E-state index in [0.29, 0.717) is 41.7 Å². The van der Waals surface area contributed by atoms with Crippen molar-refractivity contribution in [3.63, 3.8) is 0 Å². The van der Waals surface area contributed by atoms with E-state index in [1.807, 2.05) is 6.92 Å². The summed E-state index contributed by atoms with van der Waals surface area (Å²) in [6.45, 7) is 6.31. The molecule has 0 unspecified atom stereocenters. The van der Waals surface area contributed by atoms with Crippen LogP contribution in [-0.2, 0) is 9.53 Å². The molecule has 3 nitrogen and oxygen atoms in total. The molecule has 1 N–H and O–H groups in total. The monoisotopic (exact) mass is 332 g/mol. The lowest BCUT2D eigenvalue weighted by atomic mass is 9.39. The summed E-state index contributed by atoms with van der Waals surface area (Å²) in [6.07, 6.45) is 9.71. The summed E-state index contributed by atoms with van der Waals surface area (Å²) in [5.41, 5.74) is -0.709. The van der Waals surface area contributed by atoms with Crippen molar-refractivity contribution >= 4 is 5.78 Å². The van der Waals surface area contributed by atoms with Gasteiger partial charge in [-0.05, 0) is 87.9 Å². The van der Waals surface area contributed by atoms with Gasteiger partial charge in [0, 0.05) is 5.41 Å². The highest BCUT2D eigenvalue weighted by Crippen LogP contribution is 2.73. The summed E-state index contributed by atoms with van der Waals surface area (Å²) >= 11 is 0. The number of epoxide rings is 1. The fraction of sp³-hybridized carbons (Fsp3) is 0.952. The fourth-order valence-electron chi connectivity index (χ4n) is 8.50. The number of Topliss-reactive ketones (excluding diaryl/α,β-unsaturated/α-hetero) is 1. The number of ketones is 1. The van der Waals surface area contributed by atoms with E-state index in [1.54, 1.807) is 0 Å². The molecule has 0 aromatic heterocycles. The maximum Gasteiger partial charge on any atom is 0.136 e. The third-order valence-corrected chi connectivity index (χ3v) is 9.36. The zero-order valence-electron chi connectivity index (χ0n) is 15.4. The average molecular weight is 332 g/mol. The maximum absolute atomic E-state index is 13.2. The van der Waals surface area contributed by atoms with Crippen molar-refractivity contribution in [2.75, 3.05) is 0 Å². The van der Waals surface area contributed by atoms with E-state index < -0.39 is 5.60 Å². The van der Waals surface area contributed by atoms with Gasteiger partial charge in [0.2, 0.25) is 0 Å². The first-order valence-electron chi connectivity index (χ1n) is 10.2. The van der Waals surface area contributed by atoms with Gasteiger partial charge in [0.1, 0.15) is 5.78 Å². The molecule has 1 saturated heterocycles. The van der Waals surface area contributed by atoms with Crippen molar-refractivity contribution in [3.8, 4) is 0 Å². The van der Waals surface area contributed by atoms with Crippen molar-refractivity contribution in [3.05, 3.63) is 0 Å². The SMILES string of the molecule is CC(=O)[C@@]12CC[C@@H]3CCC[C@@](C)(O)[C@H]3[C@H]1CC[C@@H]1[C@H]3O[C@@H]3C[C@@]12C. The number of rotatable bonds is 1. The van der Waals surface area contributed by atoms with E-state index >= 15 is 0 Å². The van der Waals surface area contributed by atoms with Gasteiger partial charge >= 0.3 is 0 Å². The molecule has 0 spiro atoms. The predicted molar refractivity (Wildman–Crippen MR) is 91.4 cm³/mol. The second-order valence-electron chi connectivity index (χ2n) is 10.2. The van der Waals surface area contributed by atoms with Gasteiger partial charge in [-0.3, -0.25) is 4.79 Å². The first kappa shape index (κ1) is 15.8. The molecule has 0 aromatic rings. The lowest BCUT2D eigenvalue weighted by molar-refractivity contribution is -0.206. The van der Waals surface area contributed by atoms with Crippen LogP contribution in [0.25, 0.3) is 0 Å². The van der Waals surface area contributed by atoms with Crippen LogP contribution in [0.4, 0.5) is 0 Å². The highest BCUT2D eigenvalue weighted by atomic mass is 16.6. The first-order chi connectivity index (χ1) is 11.3. The van der Waals surface area contributed by atoms with Gasteiger partial charge in [0.15, 0.2) is 0 Å². The summed E-state index contributed by atoms with van der Waals surface area (Å²) in [5.74, 6) is 2.29. The molecule has 24 heavy (non-hydrogen) atoms. The molecule has 0 amide bonds. The van der Waals surface area contributed by atoms with Crippen molar-refractivity contribution in [2.45, 2.75) is 89.9 Å². The molecule has 1 heterocycles. The minimum Gasteiger partial charge on any atom is -0.390 e. The van der Waals surface area contributed by atoms with Crippen LogP contribution in [-0.4, -0.2) is 28.7 Å². The van der Waals surface area contributed by atoms with Crippen LogP contribution < -0.4 is 0 Å². The van der Waals surface area contributed by atoms with E-state index in [-0.39, 0.29) is 10.8 Å². The fourth-order valence-corrected chi connectivity index (χ4v) is 8.50. The molecule has 3 heteroatoms. The Balaban J connectivity index is 1.62. The Bertz CT molecular complexity index is 584. The third-order valence-electron chi connectivity index (χ3n) is 9.36. The zero-order valence-corrected chi connectivity index (χ0v) is 15.4. The summed E-state index contributed by atoms with van der Waals surface area (Å²) in [5, 5.41) is 11.3. The van der Waals surface area contributed by atoms with Gasteiger partial charge in [-0.25, -0.2) is 0 Å². The summed E-state index contributed by atoms with van der Waals surface area (Å²) in [7, 11) is 0. The summed E-state index contributed by atoms with van der Waals surface area (Å²) in [4.78, 5) is 13.2. The second-order valence-corrected chi connectivity index (χ2v) is 10.2. The molecule has 1 aliphatic heterocycles. The molecule has 5 aliphatic rings. The Morgan fingerprint density at radius 2 is 1.83 bits per heavy atom. The van der Waals surface area contributed by atoms with E-state index in [2.05, 4.69) is 13.8 Å². The minimum atomic E-state index is -0.587. The van der Waals surface area contributed by atoms with Crippen LogP contribution in [0.15, 0.2) is 0 Å². The third kappa shape index (κ3) is 1.69. The van der Waals surface area contributed by atoms with E-state index in [4.69, 9.17) is 4.74 Å². The highest BCUT2D eigenvalue weighted by Gasteiger charge is 2.74. The molecule has 9 atom stereocenters. The number of fused-ring (bicyclic) bond motifs is 7. The Hall–Kier alpha value is -0.410. The van der Waals surface area contributed by atoms with Crippen LogP contribution >= 0.6 is 0 Å². The number of hydrogen-bond donors (Lipinski definition) is 1. The smallest absolute Gasteiger partial charge is 0.136 e. The van der Waals surface area contributed by atoms with Gasteiger partial charge in [-0.15, -0.1) is 0 Å². The molecule has 0 radical (unpaired) electrons. The maximum atomic E-state index is 13.2. The summed E-state index contributed by atoms with van der Waals surface area (Å²) < 4.78 is 5.88. The van der Waals surface area contributed by atoms with Crippen LogP contribution in [0.1, 0.15) is 72.1 Å². The van der Waals surface area contributed by atoms with Gasteiger partial charge < -0.3 is 9.84 Å². The number of aliphatic hydroxyl groups is 1. The number of carbonyl (C=O) groups is 1. The van der Waals surface area contributed by atoms with Gasteiger partial charge in [0.25, 0.3) is 0 Å². The molecular weight excluding hydrogens is 300 g/mol. The minimum absolute atomic E-state index is 0.0911. The Morgan fingerprint density at radius 3 is 2.58 bits per heavy atom. The van der Waals surface area contributed by atoms with Crippen LogP contribution in [0.5, 0.6) is 0 Å². The molecule has 0 aromatic carbocycles. The topological polar surface area (TPSA) is 49.8 Å². The lowest BCUT2D eigenvalue weighted by Gasteiger charge is -2.65. The van der Waals surface area contributed by atoms with Crippen molar-refractivity contribution in [1.29, 1.82) is 0 Å². The largest absolute Gasteiger partial charge is 0.390 e. The Labute approximate surface area is 145 Å². The van der Waals surface area contributed by atoms with Crippen LogP contribution in [0.3, 0.4) is 0 Å². The van der Waals surface area contributed by atoms with E-state index in [9.17, 15) is 9.90 Å². The van der Waals surface area contributed by atoms with Gasteiger partial charge in [0.05, 0.1) is 17.8 Å². The molecule has 4 aliphatic carbocycles. The van der Waals surface area contributed by atoms with Crippen LogP contribution in [0, 0.1) is 34.5 Å². The highest BCUT2D eigenvalue weighted by molar-refractivity contribution is 5.84. The average Bonchev–Trinajstić information content (AvgIpc) is 3.18. The summed E-state index contributed by atoms with van der Waals surface area (Å²) in [6, 6.07) is 0. The Kier molecular flexibility index (Phi) is 3.06. The quantitative estimate of drug-likeness (QED) is 0.745. The van der Waals surface area contributed by atoms with Gasteiger partial charge in [-0.2, -0.15) is 0 Å². The number of hydrogen-bond acceptors (Lipinski definition) is 3. The van der Waals surface area contributed by atoms with Crippen molar-refractivity contribution in [1.82, 2.24) is 0 Å². The molecule has 5 fully saturated rings. The predicted octanol–water partition coefficient (Wildman–Crippen LogP) is 3.73. The molecule has 134 valence electrons. The number of carbonyl (C=O) groups excluding carboxylic acids is 1. The Morgan fingerprint density at radius 1 is 1.08 bits per heavy atom. The van der Waals surface area contributed by atoms with Gasteiger partial charge in [-0.1, -0.05) is 13.3 Å². The molecule has 5 rings (SSSR count). The van der Waals surface area contributed by atoms with E-state index in [1.165, 1.54) is 12.8 Å². The molecular formula is C21H32O3. The normalized spacial score (nSPS) is 61.3. The van der Waals surface area contributed by atoms with Crippen molar-refractivity contribution in [2.24, 2.45) is 34.5 Å². The van der Waals surface area contributed by atoms with E-state index in [0.717, 1.165) is 38.5 Å². The second kappa shape index (κ2) is 4.65. The van der Waals surface area contributed by atoms with Crippen molar-refractivity contribution < 1.29 is 14.6 Å². The lowest BCUT2D eigenvalue weighted by Crippen LogP contribution is -2.64.